The van der Waals surface area contributed by atoms with Gasteiger partial charge in [0.2, 0.25) is 10.0 Å². The molecular weight excluding hydrogens is 448 g/mol. The number of anilines is 1. The maximum Gasteiger partial charge on any atom is 0.338 e. The van der Waals surface area contributed by atoms with Gasteiger partial charge >= 0.3 is 11.9 Å². The van der Waals surface area contributed by atoms with E-state index in [2.05, 4.69) is 17.0 Å². The minimum absolute atomic E-state index is 0.113. The molecule has 0 atom stereocenters. The van der Waals surface area contributed by atoms with Crippen LogP contribution in [-0.4, -0.2) is 57.4 Å². The molecule has 0 aliphatic carbocycles. The third-order valence-corrected chi connectivity index (χ3v) is 7.31. The molecule has 33 heavy (non-hydrogen) atoms. The number of hydrogen-bond acceptors (Lipinski definition) is 7. The predicted octanol–water partition coefficient (Wildman–Crippen LogP) is 2.69. The first-order valence-corrected chi connectivity index (χ1v) is 11.9. The lowest BCUT2D eigenvalue weighted by Crippen LogP contribution is -2.37. The Kier molecular flexibility index (Phi) is 7.83. The maximum absolute atomic E-state index is 12.8. The summed E-state index contributed by atoms with van der Waals surface area (Å²) in [5, 5.41) is 2.55. The fraction of sp³-hybridized carbons (Fsp3) is 0.348. The van der Waals surface area contributed by atoms with Crippen molar-refractivity contribution in [3.63, 3.8) is 0 Å². The van der Waals surface area contributed by atoms with Crippen LogP contribution in [0.3, 0.4) is 0 Å². The van der Waals surface area contributed by atoms with Crippen LogP contribution in [0.2, 0.25) is 0 Å². The second-order valence-electron chi connectivity index (χ2n) is 7.80. The molecular formula is C23H26N2O7S. The number of piperidine rings is 1. The number of rotatable bonds is 7. The number of methoxy groups -OCH3 is 1. The van der Waals surface area contributed by atoms with Crippen LogP contribution < -0.4 is 5.32 Å². The van der Waals surface area contributed by atoms with E-state index in [-0.39, 0.29) is 10.5 Å². The molecule has 1 fully saturated rings. The number of hydrogen-bond donors (Lipinski definition) is 1. The zero-order valence-electron chi connectivity index (χ0n) is 18.4. The molecule has 0 radical (unpaired) electrons. The molecule has 1 aliphatic heterocycles. The van der Waals surface area contributed by atoms with E-state index in [1.807, 2.05) is 0 Å². The van der Waals surface area contributed by atoms with Gasteiger partial charge in [0, 0.05) is 18.8 Å². The summed E-state index contributed by atoms with van der Waals surface area (Å²) in [5.74, 6) is -1.30. The Morgan fingerprint density at radius 3 is 2.06 bits per heavy atom. The smallest absolute Gasteiger partial charge is 0.338 e. The number of ether oxygens (including phenoxy) is 2. The Morgan fingerprint density at radius 2 is 1.48 bits per heavy atom. The molecule has 1 aliphatic rings. The van der Waals surface area contributed by atoms with E-state index in [0.29, 0.717) is 30.3 Å². The molecule has 2 aromatic carbocycles. The molecule has 2 aromatic rings. The molecule has 176 valence electrons. The van der Waals surface area contributed by atoms with E-state index < -0.39 is 34.5 Å². The van der Waals surface area contributed by atoms with Gasteiger partial charge in [-0.1, -0.05) is 6.92 Å². The van der Waals surface area contributed by atoms with Crippen LogP contribution in [0, 0.1) is 5.92 Å². The number of nitrogens with one attached hydrogen (secondary N) is 1. The van der Waals surface area contributed by atoms with Crippen molar-refractivity contribution in [2.75, 3.05) is 32.1 Å². The first-order valence-electron chi connectivity index (χ1n) is 10.5. The lowest BCUT2D eigenvalue weighted by Gasteiger charge is -2.29. The number of amides is 1. The minimum Gasteiger partial charge on any atom is -0.465 e. The van der Waals surface area contributed by atoms with E-state index in [1.165, 1.54) is 59.9 Å². The molecule has 1 N–H and O–H groups in total. The summed E-state index contributed by atoms with van der Waals surface area (Å²) in [5.41, 5.74) is 0.893. The van der Waals surface area contributed by atoms with E-state index in [0.717, 1.165) is 12.8 Å². The van der Waals surface area contributed by atoms with Gasteiger partial charge in [0.25, 0.3) is 5.91 Å². The van der Waals surface area contributed by atoms with Gasteiger partial charge < -0.3 is 14.8 Å². The summed E-state index contributed by atoms with van der Waals surface area (Å²) in [6.45, 7) is 2.54. The van der Waals surface area contributed by atoms with Crippen molar-refractivity contribution in [1.29, 1.82) is 0 Å². The Morgan fingerprint density at radius 1 is 0.939 bits per heavy atom. The number of carbonyl (C=O) groups excluding carboxylic acids is 3. The average Bonchev–Trinajstić information content (AvgIpc) is 2.83. The Hall–Kier alpha value is -3.24. The highest BCUT2D eigenvalue weighted by molar-refractivity contribution is 7.89. The molecule has 9 nitrogen and oxygen atoms in total. The van der Waals surface area contributed by atoms with E-state index in [9.17, 15) is 22.8 Å². The van der Waals surface area contributed by atoms with Crippen molar-refractivity contribution >= 4 is 33.6 Å². The van der Waals surface area contributed by atoms with Crippen LogP contribution in [0.4, 0.5) is 5.69 Å². The summed E-state index contributed by atoms with van der Waals surface area (Å²) in [7, 11) is -2.34. The van der Waals surface area contributed by atoms with Gasteiger partial charge in [0.15, 0.2) is 6.61 Å². The van der Waals surface area contributed by atoms with Gasteiger partial charge in [-0.15, -0.1) is 0 Å². The summed E-state index contributed by atoms with van der Waals surface area (Å²) in [6.07, 6.45) is 1.64. The highest BCUT2D eigenvalue weighted by Crippen LogP contribution is 2.23. The van der Waals surface area contributed by atoms with Crippen molar-refractivity contribution in [3.8, 4) is 0 Å². The van der Waals surface area contributed by atoms with Gasteiger partial charge in [-0.25, -0.2) is 18.0 Å². The maximum atomic E-state index is 12.8. The van der Waals surface area contributed by atoms with E-state index in [1.54, 1.807) is 0 Å². The molecule has 1 amide bonds. The molecule has 0 bridgehead atoms. The zero-order valence-corrected chi connectivity index (χ0v) is 19.3. The van der Waals surface area contributed by atoms with E-state index >= 15 is 0 Å². The number of carbonyl (C=O) groups is 3. The van der Waals surface area contributed by atoms with Gasteiger partial charge in [-0.05, 0) is 67.3 Å². The molecule has 0 saturated carbocycles. The van der Waals surface area contributed by atoms with Gasteiger partial charge in [0.05, 0.1) is 23.1 Å². The summed E-state index contributed by atoms with van der Waals surface area (Å²) in [4.78, 5) is 35.8. The number of nitrogens with zero attached hydrogens (tertiary/aromatic N) is 1. The third-order valence-electron chi connectivity index (χ3n) is 5.39. The van der Waals surface area contributed by atoms with Crippen molar-refractivity contribution in [1.82, 2.24) is 4.31 Å². The molecule has 0 aromatic heterocycles. The fourth-order valence-corrected chi connectivity index (χ4v) is 4.83. The number of esters is 2. The minimum atomic E-state index is -3.61. The number of sulfonamides is 1. The van der Waals surface area contributed by atoms with Crippen molar-refractivity contribution in [2.45, 2.75) is 24.7 Å². The predicted molar refractivity (Wildman–Crippen MR) is 120 cm³/mol. The quantitative estimate of drug-likeness (QED) is 0.613. The molecule has 1 saturated heterocycles. The van der Waals surface area contributed by atoms with Crippen LogP contribution >= 0.6 is 0 Å². The lowest BCUT2D eigenvalue weighted by molar-refractivity contribution is -0.119. The van der Waals surface area contributed by atoms with Crippen molar-refractivity contribution < 1.29 is 32.3 Å². The second kappa shape index (κ2) is 10.6. The van der Waals surface area contributed by atoms with Gasteiger partial charge in [0.1, 0.15) is 0 Å². The normalized spacial score (nSPS) is 15.0. The first-order chi connectivity index (χ1) is 15.7. The van der Waals surface area contributed by atoms with Crippen LogP contribution in [0.5, 0.6) is 0 Å². The highest BCUT2D eigenvalue weighted by atomic mass is 32.2. The molecule has 10 heteroatoms. The molecule has 0 unspecified atom stereocenters. The summed E-state index contributed by atoms with van der Waals surface area (Å²) < 4.78 is 36.6. The van der Waals surface area contributed by atoms with Crippen LogP contribution in [0.15, 0.2) is 53.4 Å². The fourth-order valence-electron chi connectivity index (χ4n) is 3.36. The molecule has 1 heterocycles. The van der Waals surface area contributed by atoms with Crippen LogP contribution in [0.25, 0.3) is 0 Å². The Bertz CT molecular complexity index is 1100. The van der Waals surface area contributed by atoms with Gasteiger partial charge in [-0.3, -0.25) is 4.79 Å². The highest BCUT2D eigenvalue weighted by Gasteiger charge is 2.28. The first kappa shape index (κ1) is 24.4. The number of benzene rings is 2. The Labute approximate surface area is 192 Å². The largest absolute Gasteiger partial charge is 0.465 e. The monoisotopic (exact) mass is 474 g/mol. The van der Waals surface area contributed by atoms with E-state index in [4.69, 9.17) is 4.74 Å². The lowest BCUT2D eigenvalue weighted by atomic mass is 10.0. The summed E-state index contributed by atoms with van der Waals surface area (Å²) in [6, 6.07) is 11.5. The average molecular weight is 475 g/mol. The topological polar surface area (TPSA) is 119 Å². The molecule has 0 spiro atoms. The van der Waals surface area contributed by atoms with Crippen LogP contribution in [0.1, 0.15) is 40.5 Å². The molecule has 3 rings (SSSR count). The third kappa shape index (κ3) is 6.17. The SMILES string of the molecule is COC(=O)c1ccc(NC(=O)COC(=O)c2ccc(S(=O)(=O)N3CCC(C)CC3)cc2)cc1. The van der Waals surface area contributed by atoms with Gasteiger partial charge in [-0.2, -0.15) is 4.31 Å². The van der Waals surface area contributed by atoms with Crippen molar-refractivity contribution in [3.05, 3.63) is 59.7 Å². The zero-order chi connectivity index (χ0) is 24.0. The summed E-state index contributed by atoms with van der Waals surface area (Å²) >= 11 is 0. The standard InChI is InChI=1S/C23H26N2O7S/c1-16-11-13-25(14-12-16)33(29,30)20-9-5-18(6-10-20)23(28)32-15-21(26)24-19-7-3-17(4-8-19)22(27)31-2/h3-10,16H,11-15H2,1-2H3,(H,24,26). The Balaban J connectivity index is 1.53. The van der Waals surface area contributed by atoms with Crippen LogP contribution in [-0.2, 0) is 24.3 Å². The van der Waals surface area contributed by atoms with Crippen molar-refractivity contribution in [2.24, 2.45) is 5.92 Å². The second-order valence-corrected chi connectivity index (χ2v) is 9.74.